The Morgan fingerprint density at radius 2 is 0.933 bits per heavy atom. The van der Waals surface area contributed by atoms with Crippen LogP contribution in [0.5, 0.6) is 0 Å². The number of aliphatic carboxylic acids is 1. The number of hydrogen-bond donors (Lipinski definition) is 8. The first-order valence-electron chi connectivity index (χ1n) is 30.6. The van der Waals surface area contributed by atoms with E-state index in [1.807, 2.05) is 12.3 Å². The predicted molar refractivity (Wildman–Crippen MR) is 304 cm³/mol. The molecule has 4 saturated carbocycles. The number of nitrogens with zero attached hydrogens (tertiary/aromatic N) is 12. The summed E-state index contributed by atoms with van der Waals surface area (Å²) >= 11 is 0. The molecule has 4 aliphatic carbocycles. The summed E-state index contributed by atoms with van der Waals surface area (Å²) in [5.74, 6) is 6.11. The maximum absolute atomic E-state index is 12.3. The Bertz CT molecular complexity index is 3050. The van der Waals surface area contributed by atoms with Gasteiger partial charge in [-0.2, -0.15) is 0 Å². The Balaban J connectivity index is 0.000000126. The average Bonchev–Trinajstić information content (AvgIpc) is 2.84. The zero-order valence-corrected chi connectivity index (χ0v) is 50.7. The maximum atomic E-state index is 12.3. The predicted octanol–water partition coefficient (Wildman–Crippen LogP) is 3.67. The zero-order chi connectivity index (χ0) is 63.7. The number of nitrogens with two attached hydrogens (primary N) is 1. The van der Waals surface area contributed by atoms with Crippen LogP contribution in [0.15, 0.2) is 8.83 Å². The Morgan fingerprint density at radius 3 is 1.35 bits per heavy atom. The SMILES string of the molecule is CC1(CC(=O)CNC(=O)[C@@H]2CC[C@@H]3CN2C(=O)N3OB=N)CC1.CC1(CC(=O)O)CC1.CC1(Cc2nnc([C@@H]3CC[C@@H]4CN3C(=O)N4O)o2)CC1.CC1(Cc2nnc([C@@H]3CC[C@@H]4CN3C(=O)N4OB=N)o2)CC1.N=BON1C(=O)N2C[C@H]1CC[C@H]2C(=O)NN. The summed E-state index contributed by atoms with van der Waals surface area (Å²) in [5.41, 5.74) is 3.00. The van der Waals surface area contributed by atoms with Gasteiger partial charge in [-0.1, -0.05) is 13.8 Å². The van der Waals surface area contributed by atoms with Crippen LogP contribution < -0.4 is 16.6 Å². The van der Waals surface area contributed by atoms with Gasteiger partial charge in [0.05, 0.1) is 12.5 Å². The number of nitrogens with one attached hydrogen (secondary N) is 5. The number of aromatic nitrogens is 4. The van der Waals surface area contributed by atoms with Gasteiger partial charge in [0.2, 0.25) is 11.8 Å². The van der Waals surface area contributed by atoms with Crippen molar-refractivity contribution in [1.29, 1.82) is 15.9 Å². The molecule has 8 saturated heterocycles. The third-order valence-corrected chi connectivity index (χ3v) is 19.3. The van der Waals surface area contributed by atoms with Crippen molar-refractivity contribution < 1.29 is 71.8 Å². The Labute approximate surface area is 514 Å². The molecule has 33 nitrogen and oxygen atoms in total. The number of fused-ring (bicyclic) bond motifs is 8. The number of carboxylic acid groups (broad SMARTS) is 1. The van der Waals surface area contributed by atoms with Crippen molar-refractivity contribution in [3.63, 3.8) is 0 Å². The molecule has 36 heteroatoms. The zero-order valence-electron chi connectivity index (χ0n) is 50.7. The minimum absolute atomic E-state index is 0.00174. The number of ketones is 1. The minimum atomic E-state index is -0.662. The van der Waals surface area contributed by atoms with Crippen molar-refractivity contribution in [3.05, 3.63) is 23.6 Å². The molecule has 8 aliphatic heterocycles. The summed E-state index contributed by atoms with van der Waals surface area (Å²) in [6.07, 6.45) is 17.1. The van der Waals surface area contributed by atoms with Gasteiger partial charge in [0.25, 0.3) is 0 Å². The van der Waals surface area contributed by atoms with Gasteiger partial charge in [0.15, 0.2) is 0 Å². The van der Waals surface area contributed by atoms with Gasteiger partial charge in [0.1, 0.15) is 6.04 Å². The van der Waals surface area contributed by atoms with E-state index in [0.29, 0.717) is 114 Å². The molecule has 9 N–H and O–H groups in total. The molecule has 12 fully saturated rings. The van der Waals surface area contributed by atoms with Gasteiger partial charge in [-0.05, 0) is 49.4 Å². The molecular weight excluding hydrogens is 1160 g/mol. The molecule has 0 aromatic carbocycles. The van der Waals surface area contributed by atoms with Crippen LogP contribution in [0.4, 0.5) is 19.2 Å². The third-order valence-electron chi connectivity index (χ3n) is 19.3. The van der Waals surface area contributed by atoms with Crippen LogP contribution in [-0.2, 0) is 46.3 Å². The topological polar surface area (TPSA) is 430 Å². The van der Waals surface area contributed by atoms with Crippen molar-refractivity contribution in [3.8, 4) is 0 Å². The second-order valence-corrected chi connectivity index (χ2v) is 26.9. The summed E-state index contributed by atoms with van der Waals surface area (Å²) < 4.78 is 26.3. The van der Waals surface area contributed by atoms with Gasteiger partial charge in [-0.25, -0.2) is 9.86 Å². The number of urea groups is 4. The monoisotopic (exact) mass is 1240 g/mol. The average molecular weight is 1240 g/mol. The number of hydrazine groups is 1. The van der Waals surface area contributed by atoms with Crippen LogP contribution in [-0.4, -0.2) is 209 Å². The fourth-order valence-corrected chi connectivity index (χ4v) is 12.7. The number of Topliss-reactive ketones (excluding diaryl/α,β-unsaturated/α-hetero) is 1. The molecule has 89 heavy (non-hydrogen) atoms. The van der Waals surface area contributed by atoms with E-state index in [9.17, 15) is 43.6 Å². The van der Waals surface area contributed by atoms with Crippen molar-refractivity contribution in [2.75, 3.05) is 32.7 Å². The van der Waals surface area contributed by atoms with E-state index >= 15 is 0 Å². The number of rotatable bonds is 20. The van der Waals surface area contributed by atoms with Crippen molar-refractivity contribution in [2.45, 2.75) is 204 Å². The number of carboxylic acids is 1. The van der Waals surface area contributed by atoms with Crippen LogP contribution in [0.3, 0.4) is 0 Å². The molecule has 12 aliphatic rings. The van der Waals surface area contributed by atoms with Crippen LogP contribution in [0.1, 0.15) is 179 Å². The molecule has 0 unspecified atom stereocenters. The summed E-state index contributed by atoms with van der Waals surface area (Å²) in [6.45, 7) is 10.5. The summed E-state index contributed by atoms with van der Waals surface area (Å²) in [4.78, 5) is 100. The quantitative estimate of drug-likeness (QED) is 0.0308. The summed E-state index contributed by atoms with van der Waals surface area (Å²) in [6, 6.07) is -3.15. The van der Waals surface area contributed by atoms with Gasteiger partial charge in [-0.15, -0.1) is 10.2 Å². The number of piperidine rings is 4. The van der Waals surface area contributed by atoms with E-state index in [1.54, 1.807) is 9.80 Å². The number of hydroxylamine groups is 8. The molecule has 0 radical (unpaired) electrons. The standard InChI is InChI=1S/C14H21BN4O4.C13H18BN5O3.C13H18N4O3.C7H12BN5O3.C6H10O2/c1-14(4-5-14)6-10(20)7-17-12(21)11-3-2-9-8-18(11)13(22)19(9)23-15-16;1-13(4-5-13)6-10-16-17-11(21-10)9-3-2-8-7-18(9)12(20)19(8)22-14-15;1-13(4-5-13)6-10-14-15-11(20-10)9-3-2-8-7-16(9)12(18)17(8)19;9-8-16-13-4-1-2-5(6(14)11-10)12(3-4)7(13)15;1-6(2-3-6)4-5(7)8/h9,11,16H,2-8H2,1H3,(H,17,21);8-9,15H,2-7H2,1H3;8-9,19H,2-7H2,1H3;4-5,9H,1-3,10H2,(H,11,14);2-4H2,1H3,(H,7,8)/t9-,11+;2*8-,9+;4-,5+;/m1111./s1. The van der Waals surface area contributed by atoms with E-state index in [4.69, 9.17) is 50.0 Å². The Kier molecular flexibility index (Phi) is 18.8. The third kappa shape index (κ3) is 14.8. The fraction of sp³-hybridized carbons (Fsp3) is 0.774. The first-order chi connectivity index (χ1) is 42.4. The molecule has 8 atom stereocenters. The summed E-state index contributed by atoms with van der Waals surface area (Å²) in [5, 5.41) is 62.4. The fourth-order valence-electron chi connectivity index (χ4n) is 12.7. The number of amides is 10. The molecule has 2 aromatic heterocycles. The molecular formula is C53H79B3N18O15. The second kappa shape index (κ2) is 26.1. The van der Waals surface area contributed by atoms with E-state index in [2.05, 4.69) is 46.5 Å². The Morgan fingerprint density at radius 1 is 0.551 bits per heavy atom. The summed E-state index contributed by atoms with van der Waals surface area (Å²) in [7, 11) is 2.21. The van der Waals surface area contributed by atoms with E-state index < -0.39 is 24.1 Å². The van der Waals surface area contributed by atoms with Crippen molar-refractivity contribution in [1.82, 2.24) is 71.0 Å². The van der Waals surface area contributed by atoms with Crippen LogP contribution in [0, 0.1) is 37.6 Å². The molecule has 0 spiro atoms. The van der Waals surface area contributed by atoms with Crippen LogP contribution >= 0.6 is 0 Å². The molecule has 10 heterocycles. The first kappa shape index (κ1) is 64.3. The van der Waals surface area contributed by atoms with Crippen LogP contribution in [0.25, 0.3) is 0 Å². The van der Waals surface area contributed by atoms with E-state index in [-0.39, 0.29) is 89.3 Å². The second-order valence-electron chi connectivity index (χ2n) is 26.9. The molecule has 10 amide bonds. The van der Waals surface area contributed by atoms with Gasteiger partial charge < -0.3 is 14.4 Å². The number of hydrogen-bond acceptors (Lipinski definition) is 22. The van der Waals surface area contributed by atoms with Gasteiger partial charge in [0, 0.05) is 13.0 Å². The van der Waals surface area contributed by atoms with Crippen molar-refractivity contribution in [2.24, 2.45) is 27.5 Å². The van der Waals surface area contributed by atoms with Crippen LogP contribution in [0.2, 0.25) is 0 Å². The van der Waals surface area contributed by atoms with Gasteiger partial charge in [-0.3, -0.25) is 10.0 Å². The van der Waals surface area contributed by atoms with E-state index in [0.717, 1.165) is 86.7 Å². The Hall–Kier alpha value is -7.65. The van der Waals surface area contributed by atoms with Crippen molar-refractivity contribution >= 4 is 69.5 Å². The van der Waals surface area contributed by atoms with Gasteiger partial charge >= 0.3 is 366 Å². The molecule has 2 aromatic rings. The first-order valence-corrected chi connectivity index (χ1v) is 30.6. The molecule has 14 rings (SSSR count). The normalized spacial score (nSPS) is 28.2. The van der Waals surface area contributed by atoms with E-state index in [1.165, 1.54) is 40.5 Å². The number of carbonyl (C=O) groups is 8. The molecule has 8 bridgehead atoms. The molecule has 480 valence electrons. The number of carbonyl (C=O) groups excluding carboxylic acids is 7.